The van der Waals surface area contributed by atoms with E-state index in [-0.39, 0.29) is 33.8 Å². The summed E-state index contributed by atoms with van der Waals surface area (Å²) in [5.74, 6) is 0.174. The molecule has 134 valence electrons. The number of nitrogens with one attached hydrogen (secondary N) is 1. The van der Waals surface area contributed by atoms with Crippen molar-refractivity contribution in [2.75, 3.05) is 0 Å². The highest BCUT2D eigenvalue weighted by molar-refractivity contribution is 8.93. The van der Waals surface area contributed by atoms with E-state index in [4.69, 9.17) is 15.9 Å². The second-order valence-electron chi connectivity index (χ2n) is 5.47. The van der Waals surface area contributed by atoms with Gasteiger partial charge in [0.25, 0.3) is 5.91 Å². The van der Waals surface area contributed by atoms with E-state index in [1.807, 2.05) is 18.2 Å². The monoisotopic (exact) mass is 417 g/mol. The second kappa shape index (κ2) is 8.44. The first kappa shape index (κ1) is 19.4. The third-order valence-corrected chi connectivity index (χ3v) is 3.64. The minimum Gasteiger partial charge on any atom is -0.457 e. The molecule has 0 atom stereocenters. The third-order valence-electron chi connectivity index (χ3n) is 3.64. The van der Waals surface area contributed by atoms with Gasteiger partial charge in [0, 0.05) is 12.7 Å². The van der Waals surface area contributed by atoms with Gasteiger partial charge in [-0.05, 0) is 54.1 Å². The first-order chi connectivity index (χ1) is 12.0. The standard InChI is InChI=1S/C19H16FN3O2.BrH/c20-14-6-8-15(9-7-14)25-16-4-1-3-13(11-16)12-23-10-2-5-17(18(23)21)19(22)24;/h1-11,21H,12H2,(H2,22,24);1H. The van der Waals surface area contributed by atoms with Gasteiger partial charge in [-0.15, -0.1) is 17.0 Å². The number of primary amides is 1. The molecule has 26 heavy (non-hydrogen) atoms. The van der Waals surface area contributed by atoms with Gasteiger partial charge in [0.1, 0.15) is 22.8 Å². The minimum absolute atomic E-state index is 0. The average molecular weight is 418 g/mol. The number of benzene rings is 2. The fourth-order valence-corrected chi connectivity index (χ4v) is 2.42. The van der Waals surface area contributed by atoms with E-state index in [1.165, 1.54) is 18.2 Å². The SMILES string of the molecule is Br.N=c1c(C(N)=O)cccn1Cc1cccc(Oc2ccc(F)cc2)c1. The lowest BCUT2D eigenvalue weighted by atomic mass is 10.2. The Morgan fingerprint density at radius 1 is 1.08 bits per heavy atom. The Bertz CT molecular complexity index is 971. The van der Waals surface area contributed by atoms with Crippen LogP contribution in [0.4, 0.5) is 4.39 Å². The van der Waals surface area contributed by atoms with Crippen molar-refractivity contribution >= 4 is 22.9 Å². The van der Waals surface area contributed by atoms with Crippen LogP contribution in [-0.2, 0) is 6.54 Å². The first-order valence-electron chi connectivity index (χ1n) is 7.59. The van der Waals surface area contributed by atoms with Crippen LogP contribution in [0.5, 0.6) is 11.5 Å². The van der Waals surface area contributed by atoms with Crippen LogP contribution in [-0.4, -0.2) is 10.5 Å². The Labute approximate surface area is 160 Å². The molecule has 0 saturated heterocycles. The zero-order chi connectivity index (χ0) is 17.8. The Balaban J connectivity index is 0.00000243. The summed E-state index contributed by atoms with van der Waals surface area (Å²) in [6.07, 6.45) is 1.71. The predicted octanol–water partition coefficient (Wildman–Crippen LogP) is 3.62. The summed E-state index contributed by atoms with van der Waals surface area (Å²) in [5.41, 5.74) is 6.39. The number of hydrogen-bond acceptors (Lipinski definition) is 3. The Hall–Kier alpha value is -2.93. The summed E-state index contributed by atoms with van der Waals surface area (Å²) in [6.45, 7) is 0.389. The second-order valence-corrected chi connectivity index (χ2v) is 5.47. The molecule has 3 N–H and O–H groups in total. The number of nitrogens with zero attached hydrogens (tertiary/aromatic N) is 1. The van der Waals surface area contributed by atoms with E-state index in [1.54, 1.807) is 35.0 Å². The Morgan fingerprint density at radius 3 is 2.50 bits per heavy atom. The number of carbonyl (C=O) groups excluding carboxylic acids is 1. The molecule has 3 aromatic rings. The highest BCUT2D eigenvalue weighted by atomic mass is 79.9. The van der Waals surface area contributed by atoms with E-state index in [0.29, 0.717) is 18.0 Å². The highest BCUT2D eigenvalue weighted by Crippen LogP contribution is 2.22. The summed E-state index contributed by atoms with van der Waals surface area (Å²) in [7, 11) is 0. The molecule has 0 aliphatic rings. The van der Waals surface area contributed by atoms with E-state index in [0.717, 1.165) is 5.56 Å². The maximum Gasteiger partial charge on any atom is 0.252 e. The summed E-state index contributed by atoms with van der Waals surface area (Å²) in [4.78, 5) is 11.3. The summed E-state index contributed by atoms with van der Waals surface area (Å²) in [6, 6.07) is 16.3. The van der Waals surface area contributed by atoms with Gasteiger partial charge >= 0.3 is 0 Å². The van der Waals surface area contributed by atoms with Crippen molar-refractivity contribution in [2.24, 2.45) is 5.73 Å². The largest absolute Gasteiger partial charge is 0.457 e. The number of aromatic nitrogens is 1. The van der Waals surface area contributed by atoms with Crippen LogP contribution < -0.4 is 16.0 Å². The molecule has 0 aliphatic heterocycles. The molecule has 0 fully saturated rings. The van der Waals surface area contributed by atoms with Gasteiger partial charge in [-0.3, -0.25) is 10.2 Å². The molecule has 1 amide bonds. The van der Waals surface area contributed by atoms with Gasteiger partial charge in [0.2, 0.25) is 0 Å². The fourth-order valence-electron chi connectivity index (χ4n) is 2.42. The van der Waals surface area contributed by atoms with Gasteiger partial charge in [-0.1, -0.05) is 12.1 Å². The molecule has 7 heteroatoms. The van der Waals surface area contributed by atoms with Crippen molar-refractivity contribution < 1.29 is 13.9 Å². The lowest BCUT2D eigenvalue weighted by molar-refractivity contribution is 0.0998. The summed E-state index contributed by atoms with van der Waals surface area (Å²) in [5, 5.41) is 8.07. The van der Waals surface area contributed by atoms with E-state index in [9.17, 15) is 9.18 Å². The van der Waals surface area contributed by atoms with Crippen LogP contribution >= 0.6 is 17.0 Å². The number of carbonyl (C=O) groups is 1. The zero-order valence-corrected chi connectivity index (χ0v) is 15.4. The van der Waals surface area contributed by atoms with E-state index < -0.39 is 5.91 Å². The number of amides is 1. The maximum atomic E-state index is 13.0. The quantitative estimate of drug-likeness (QED) is 0.664. The molecule has 2 aromatic carbocycles. The van der Waals surface area contributed by atoms with Crippen molar-refractivity contribution in [3.05, 3.63) is 89.3 Å². The minimum atomic E-state index is -0.632. The number of nitrogens with two attached hydrogens (primary N) is 1. The van der Waals surface area contributed by atoms with Crippen molar-refractivity contribution in [3.63, 3.8) is 0 Å². The number of rotatable bonds is 5. The smallest absolute Gasteiger partial charge is 0.252 e. The first-order valence-corrected chi connectivity index (χ1v) is 7.59. The zero-order valence-electron chi connectivity index (χ0n) is 13.7. The van der Waals surface area contributed by atoms with Gasteiger partial charge in [0.15, 0.2) is 0 Å². The van der Waals surface area contributed by atoms with Crippen LogP contribution in [0.25, 0.3) is 0 Å². The lowest BCUT2D eigenvalue weighted by Crippen LogP contribution is -2.29. The Kier molecular flexibility index (Phi) is 6.30. The number of pyridine rings is 1. The fraction of sp³-hybridized carbons (Fsp3) is 0.0526. The molecular formula is C19H17BrFN3O2. The maximum absolute atomic E-state index is 13.0. The van der Waals surface area contributed by atoms with Crippen LogP contribution in [0, 0.1) is 11.2 Å². The molecule has 0 unspecified atom stereocenters. The van der Waals surface area contributed by atoms with Crippen molar-refractivity contribution in [2.45, 2.75) is 6.54 Å². The van der Waals surface area contributed by atoms with Gasteiger partial charge < -0.3 is 15.0 Å². The van der Waals surface area contributed by atoms with E-state index in [2.05, 4.69) is 0 Å². The Morgan fingerprint density at radius 2 is 1.81 bits per heavy atom. The number of hydrogen-bond donors (Lipinski definition) is 2. The molecule has 0 radical (unpaired) electrons. The predicted molar refractivity (Wildman–Crippen MR) is 101 cm³/mol. The van der Waals surface area contributed by atoms with Crippen molar-refractivity contribution in [1.82, 2.24) is 4.57 Å². The molecule has 1 aromatic heterocycles. The molecule has 0 spiro atoms. The average Bonchev–Trinajstić information content (AvgIpc) is 2.59. The van der Waals surface area contributed by atoms with Crippen LogP contribution in [0.3, 0.4) is 0 Å². The van der Waals surface area contributed by atoms with Crippen LogP contribution in [0.2, 0.25) is 0 Å². The number of ether oxygens (including phenoxy) is 1. The van der Waals surface area contributed by atoms with Gasteiger partial charge in [0.05, 0.1) is 5.56 Å². The normalized spacial score (nSPS) is 10.0. The summed E-state index contributed by atoms with van der Waals surface area (Å²) < 4.78 is 20.3. The van der Waals surface area contributed by atoms with Gasteiger partial charge in [-0.25, -0.2) is 4.39 Å². The van der Waals surface area contributed by atoms with Gasteiger partial charge in [-0.2, -0.15) is 0 Å². The molecule has 0 aliphatic carbocycles. The molecule has 0 bridgehead atoms. The third kappa shape index (κ3) is 4.58. The van der Waals surface area contributed by atoms with Crippen LogP contribution in [0.1, 0.15) is 15.9 Å². The molecule has 3 rings (SSSR count). The molecular weight excluding hydrogens is 401 g/mol. The molecule has 5 nitrogen and oxygen atoms in total. The van der Waals surface area contributed by atoms with Crippen molar-refractivity contribution in [1.29, 1.82) is 5.41 Å². The summed E-state index contributed by atoms with van der Waals surface area (Å²) >= 11 is 0. The van der Waals surface area contributed by atoms with Crippen LogP contribution in [0.15, 0.2) is 66.9 Å². The van der Waals surface area contributed by atoms with E-state index >= 15 is 0 Å². The molecule has 1 heterocycles. The highest BCUT2D eigenvalue weighted by Gasteiger charge is 2.06. The van der Waals surface area contributed by atoms with Crippen molar-refractivity contribution in [3.8, 4) is 11.5 Å². The molecule has 0 saturated carbocycles. The topological polar surface area (TPSA) is 81.1 Å². The lowest BCUT2D eigenvalue weighted by Gasteiger charge is -2.11. The number of halogens is 2.